The van der Waals surface area contributed by atoms with E-state index in [9.17, 15) is 44.3 Å². The molecule has 1 aromatic rings. The molecular formula is C17H14BrF9INO. The van der Waals surface area contributed by atoms with Crippen molar-refractivity contribution in [2.45, 2.75) is 43.2 Å². The molecule has 0 aromatic heterocycles. The van der Waals surface area contributed by atoms with E-state index in [2.05, 4.69) is 21.2 Å². The lowest BCUT2D eigenvalue weighted by Gasteiger charge is -2.32. The molecule has 0 saturated heterocycles. The van der Waals surface area contributed by atoms with E-state index in [1.54, 1.807) is 24.3 Å². The van der Waals surface area contributed by atoms with Crippen LogP contribution in [0, 0.1) is 0 Å². The van der Waals surface area contributed by atoms with E-state index in [0.29, 0.717) is 5.56 Å². The van der Waals surface area contributed by atoms with Crippen LogP contribution in [0.4, 0.5) is 39.5 Å². The lowest BCUT2D eigenvalue weighted by Crippen LogP contribution is -2.60. The van der Waals surface area contributed by atoms with Gasteiger partial charge in [0.2, 0.25) is 0 Å². The lowest BCUT2D eigenvalue weighted by molar-refractivity contribution is -0.388. The minimum atomic E-state index is -6.91. The van der Waals surface area contributed by atoms with Gasteiger partial charge in [-0.05, 0) is 69.7 Å². The summed E-state index contributed by atoms with van der Waals surface area (Å²) in [7, 11) is 0. The highest BCUT2D eigenvalue weighted by molar-refractivity contribution is 14.1. The summed E-state index contributed by atoms with van der Waals surface area (Å²) in [5, 5.41) is 2.53. The second kappa shape index (κ2) is 10.1. The number of benzene rings is 1. The van der Waals surface area contributed by atoms with Crippen LogP contribution in [0.2, 0.25) is 0 Å². The molecular weight excluding hydrogens is 612 g/mol. The van der Waals surface area contributed by atoms with Gasteiger partial charge in [-0.25, -0.2) is 0 Å². The van der Waals surface area contributed by atoms with Gasteiger partial charge in [0.15, 0.2) is 0 Å². The number of unbranched alkanes of at least 4 members (excludes halogenated alkanes) is 1. The normalized spacial score (nSPS) is 14.0. The van der Waals surface area contributed by atoms with E-state index in [4.69, 9.17) is 0 Å². The third kappa shape index (κ3) is 6.50. The monoisotopic (exact) mass is 625 g/mol. The Kier molecular flexibility index (Phi) is 9.09. The molecule has 1 amide bonds. The Morgan fingerprint density at radius 2 is 1.47 bits per heavy atom. The van der Waals surface area contributed by atoms with Gasteiger partial charge < -0.3 is 5.32 Å². The van der Waals surface area contributed by atoms with Crippen LogP contribution in [-0.2, 0) is 0 Å². The maximum absolute atomic E-state index is 13.5. The molecule has 170 valence electrons. The molecule has 0 bridgehead atoms. The van der Waals surface area contributed by atoms with Crippen LogP contribution in [-0.4, -0.2) is 36.4 Å². The molecule has 0 atom stereocenters. The Morgan fingerprint density at radius 1 is 0.933 bits per heavy atom. The third-order valence-electron chi connectivity index (χ3n) is 3.74. The molecule has 2 nitrogen and oxygen atoms in total. The molecule has 0 fully saturated rings. The highest BCUT2D eigenvalue weighted by Crippen LogP contribution is 2.53. The first kappa shape index (κ1) is 27.0. The van der Waals surface area contributed by atoms with Gasteiger partial charge in [-0.3, -0.25) is 4.79 Å². The second-order valence-corrected chi connectivity index (χ2v) is 8.38. The highest BCUT2D eigenvalue weighted by atomic mass is 127. The Balaban J connectivity index is 2.60. The maximum Gasteiger partial charge on any atom is 0.460 e. The minimum absolute atomic E-state index is 0.0900. The number of nitrogens with one attached hydrogen (secondary N) is 1. The van der Waals surface area contributed by atoms with Gasteiger partial charge in [-0.1, -0.05) is 15.9 Å². The van der Waals surface area contributed by atoms with Gasteiger partial charge in [0.1, 0.15) is 0 Å². The number of alkyl halides is 9. The standard InChI is InChI=1S/C17H14BrF9INO/c18-11-6-4-10(5-7-11)13(30)29-8-2-1-3-12(28)9-14(19,20)15(21,22)16(23,24)17(25,26)27/h4-7,9H,1-3,8H2,(H,29,30). The van der Waals surface area contributed by atoms with Crippen LogP contribution >= 0.6 is 38.5 Å². The van der Waals surface area contributed by atoms with E-state index in [-0.39, 0.29) is 25.8 Å². The number of carbonyl (C=O) groups excluding carboxylic acids is 1. The molecule has 1 rings (SSSR count). The van der Waals surface area contributed by atoms with E-state index in [1.807, 2.05) is 0 Å². The molecule has 0 aliphatic heterocycles. The van der Waals surface area contributed by atoms with Crippen LogP contribution in [0.5, 0.6) is 0 Å². The predicted octanol–water partition coefficient (Wildman–Crippen LogP) is 7.14. The largest absolute Gasteiger partial charge is 0.460 e. The third-order valence-corrected chi connectivity index (χ3v) is 5.12. The number of halogens is 11. The van der Waals surface area contributed by atoms with Crippen molar-refractivity contribution >= 4 is 44.4 Å². The highest BCUT2D eigenvalue weighted by Gasteiger charge is 2.81. The smallest absolute Gasteiger partial charge is 0.352 e. The summed E-state index contributed by atoms with van der Waals surface area (Å²) in [6.07, 6.45) is -7.40. The van der Waals surface area contributed by atoms with Crippen LogP contribution in [0.3, 0.4) is 0 Å². The molecule has 13 heteroatoms. The first-order valence-electron chi connectivity index (χ1n) is 8.14. The van der Waals surface area contributed by atoms with Gasteiger partial charge in [0.05, 0.1) is 0 Å². The van der Waals surface area contributed by atoms with Crippen LogP contribution in [0.25, 0.3) is 0 Å². The van der Waals surface area contributed by atoms with Gasteiger partial charge >= 0.3 is 23.9 Å². The number of rotatable bonds is 9. The second-order valence-electron chi connectivity index (χ2n) is 6.08. The van der Waals surface area contributed by atoms with Gasteiger partial charge in [-0.15, -0.1) is 0 Å². The number of allylic oxidation sites excluding steroid dienone is 2. The average molecular weight is 626 g/mol. The topological polar surface area (TPSA) is 29.1 Å². The van der Waals surface area contributed by atoms with Gasteiger partial charge in [-0.2, -0.15) is 39.5 Å². The fourth-order valence-corrected chi connectivity index (χ4v) is 3.11. The van der Waals surface area contributed by atoms with E-state index in [1.165, 1.54) is 0 Å². The van der Waals surface area contributed by atoms with Crippen molar-refractivity contribution in [3.63, 3.8) is 0 Å². The Labute approximate surface area is 187 Å². The Hall–Kier alpha value is -0.990. The zero-order valence-electron chi connectivity index (χ0n) is 14.8. The number of amides is 1. The number of hydrogen-bond donors (Lipinski definition) is 1. The minimum Gasteiger partial charge on any atom is -0.352 e. The van der Waals surface area contributed by atoms with Gasteiger partial charge in [0.25, 0.3) is 5.91 Å². The molecule has 1 N–H and O–H groups in total. The van der Waals surface area contributed by atoms with Crippen molar-refractivity contribution in [1.29, 1.82) is 0 Å². The number of carbonyl (C=O) groups is 1. The SMILES string of the molecule is O=C(NCCCCC(I)=CC(F)(F)C(F)(F)C(F)(F)C(F)(F)F)c1ccc(Br)cc1. The molecule has 0 heterocycles. The quantitative estimate of drug-likeness (QED) is 0.177. The molecule has 0 aliphatic rings. The maximum atomic E-state index is 13.5. The van der Waals surface area contributed by atoms with Gasteiger partial charge in [0, 0.05) is 22.7 Å². The van der Waals surface area contributed by atoms with Crippen molar-refractivity contribution in [1.82, 2.24) is 5.32 Å². The Morgan fingerprint density at radius 3 is 1.97 bits per heavy atom. The fourth-order valence-electron chi connectivity index (χ4n) is 2.07. The summed E-state index contributed by atoms with van der Waals surface area (Å²) >= 11 is 4.36. The molecule has 30 heavy (non-hydrogen) atoms. The molecule has 0 radical (unpaired) electrons. The Bertz CT molecular complexity index is 763. The summed E-state index contributed by atoms with van der Waals surface area (Å²) in [6, 6.07) is 6.37. The molecule has 0 saturated carbocycles. The van der Waals surface area contributed by atoms with Crippen LogP contribution in [0.1, 0.15) is 29.6 Å². The van der Waals surface area contributed by atoms with Crippen LogP contribution < -0.4 is 5.32 Å². The average Bonchev–Trinajstić information content (AvgIpc) is 2.60. The zero-order chi connectivity index (χ0) is 23.4. The van der Waals surface area contributed by atoms with Crippen molar-refractivity contribution in [2.24, 2.45) is 0 Å². The van der Waals surface area contributed by atoms with Crippen molar-refractivity contribution in [3.8, 4) is 0 Å². The lowest BCUT2D eigenvalue weighted by atomic mass is 10.0. The molecule has 0 unspecified atom stereocenters. The zero-order valence-corrected chi connectivity index (χ0v) is 18.5. The predicted molar refractivity (Wildman–Crippen MR) is 103 cm³/mol. The number of hydrogen-bond acceptors (Lipinski definition) is 1. The van der Waals surface area contributed by atoms with Crippen molar-refractivity contribution in [3.05, 3.63) is 44.0 Å². The first-order valence-corrected chi connectivity index (χ1v) is 10.0. The summed E-state index contributed by atoms with van der Waals surface area (Å²) in [5.41, 5.74) is 0.361. The summed E-state index contributed by atoms with van der Waals surface area (Å²) in [4.78, 5) is 11.8. The van der Waals surface area contributed by atoms with E-state index < -0.39 is 39.5 Å². The summed E-state index contributed by atoms with van der Waals surface area (Å²) < 4.78 is 116. The summed E-state index contributed by atoms with van der Waals surface area (Å²) in [6.45, 7) is 0.109. The summed E-state index contributed by atoms with van der Waals surface area (Å²) in [5.74, 6) is -19.7. The van der Waals surface area contributed by atoms with Crippen molar-refractivity contribution < 1.29 is 44.3 Å². The fraction of sp³-hybridized carbons (Fsp3) is 0.471. The first-order chi connectivity index (χ1) is 13.5. The van der Waals surface area contributed by atoms with E-state index >= 15 is 0 Å². The molecule has 0 aliphatic carbocycles. The molecule has 0 spiro atoms. The van der Waals surface area contributed by atoms with E-state index in [0.717, 1.165) is 27.1 Å². The van der Waals surface area contributed by atoms with Crippen LogP contribution in [0.15, 0.2) is 38.4 Å². The molecule has 1 aromatic carbocycles. The van der Waals surface area contributed by atoms with Crippen molar-refractivity contribution in [2.75, 3.05) is 6.54 Å².